The minimum Gasteiger partial charge on any atom is -0.326 e. The summed E-state index contributed by atoms with van der Waals surface area (Å²) < 4.78 is 0. The van der Waals surface area contributed by atoms with Crippen LogP contribution in [0.15, 0.2) is 84.9 Å². The molecular weight excluding hydrogens is 330 g/mol. The average molecular weight is 356 g/mol. The van der Waals surface area contributed by atoms with Crippen molar-refractivity contribution in [3.05, 3.63) is 107 Å². The molecule has 0 fully saturated rings. The number of nitrogens with two attached hydrogens (primary N) is 2. The van der Waals surface area contributed by atoms with Gasteiger partial charge in [0.05, 0.1) is 0 Å². The molecule has 4 heteroatoms. The van der Waals surface area contributed by atoms with Crippen LogP contribution in [0.25, 0.3) is 0 Å². The Labute approximate surface area is 155 Å². The van der Waals surface area contributed by atoms with Gasteiger partial charge in [-0.3, -0.25) is 11.3 Å². The Kier molecular flexibility index (Phi) is 11.0. The van der Waals surface area contributed by atoms with E-state index >= 15 is 0 Å². The summed E-state index contributed by atoms with van der Waals surface area (Å²) in [5.41, 5.74) is 11.5. The molecule has 5 N–H and O–H groups in total. The normalized spacial score (nSPS) is 9.28. The first-order valence-electron chi connectivity index (χ1n) is 8.09. The lowest BCUT2D eigenvalue weighted by molar-refractivity contribution is 0.741. The number of benzene rings is 3. The molecule has 0 aliphatic rings. The van der Waals surface area contributed by atoms with Crippen molar-refractivity contribution < 1.29 is 0 Å². The zero-order valence-corrected chi connectivity index (χ0v) is 15.3. The van der Waals surface area contributed by atoms with Crippen molar-refractivity contribution >= 4 is 11.6 Å². The number of aryl methyl sites for hydroxylation is 1. The summed E-state index contributed by atoms with van der Waals surface area (Å²) in [6.07, 6.45) is 0. The molecule has 0 aliphatic carbocycles. The second kappa shape index (κ2) is 13.2. The van der Waals surface area contributed by atoms with Gasteiger partial charge in [0.15, 0.2) is 0 Å². The number of hydrogen-bond acceptors (Lipinski definition) is 3. The summed E-state index contributed by atoms with van der Waals surface area (Å²) in [6, 6.07) is 27.8. The standard InChI is InChI=1S/C7H7Cl.C7H10N2.C7H9N/c1-6-3-2-4-7(8)5-6;8-9-6-7-4-2-1-3-5-7;8-6-7-4-2-1-3-5-7/h2-5H,1H3;1-5,9H,6,8H2;1-5H,6,8H2. The molecule has 0 aromatic heterocycles. The van der Waals surface area contributed by atoms with E-state index in [1.807, 2.05) is 91.9 Å². The van der Waals surface area contributed by atoms with Crippen molar-refractivity contribution in [3.8, 4) is 0 Å². The Balaban J connectivity index is 0.000000188. The van der Waals surface area contributed by atoms with E-state index in [2.05, 4.69) is 5.43 Å². The molecule has 0 radical (unpaired) electrons. The van der Waals surface area contributed by atoms with Gasteiger partial charge in [0.2, 0.25) is 0 Å². The number of nitrogens with one attached hydrogen (secondary N) is 1. The first kappa shape index (κ1) is 20.9. The summed E-state index contributed by atoms with van der Waals surface area (Å²) in [7, 11) is 0. The molecule has 0 spiro atoms. The highest BCUT2D eigenvalue weighted by molar-refractivity contribution is 6.30. The van der Waals surface area contributed by atoms with Crippen LogP contribution in [0.1, 0.15) is 16.7 Å². The third-order valence-corrected chi connectivity index (χ3v) is 3.44. The number of hydrogen-bond donors (Lipinski definition) is 3. The first-order valence-corrected chi connectivity index (χ1v) is 8.47. The quantitative estimate of drug-likeness (QED) is 0.480. The maximum Gasteiger partial charge on any atom is 0.0408 e. The molecule has 0 saturated carbocycles. The van der Waals surface area contributed by atoms with Crippen LogP contribution in [0.2, 0.25) is 5.02 Å². The zero-order valence-electron chi connectivity index (χ0n) is 14.5. The van der Waals surface area contributed by atoms with Crippen molar-refractivity contribution in [2.75, 3.05) is 0 Å². The second-order valence-corrected chi connectivity index (χ2v) is 5.79. The zero-order chi connectivity index (χ0) is 18.3. The fourth-order valence-electron chi connectivity index (χ4n) is 1.93. The van der Waals surface area contributed by atoms with Crippen LogP contribution >= 0.6 is 11.6 Å². The largest absolute Gasteiger partial charge is 0.326 e. The topological polar surface area (TPSA) is 64.1 Å². The van der Waals surface area contributed by atoms with Gasteiger partial charge >= 0.3 is 0 Å². The van der Waals surface area contributed by atoms with Crippen molar-refractivity contribution in [2.24, 2.45) is 11.6 Å². The summed E-state index contributed by atoms with van der Waals surface area (Å²) >= 11 is 5.64. The lowest BCUT2D eigenvalue weighted by Gasteiger charge is -1.95. The van der Waals surface area contributed by atoms with E-state index in [1.54, 1.807) is 0 Å². The molecule has 0 heterocycles. The molecule has 0 amide bonds. The Morgan fingerprint density at radius 2 is 1.36 bits per heavy atom. The third-order valence-electron chi connectivity index (χ3n) is 3.21. The highest BCUT2D eigenvalue weighted by atomic mass is 35.5. The molecule has 25 heavy (non-hydrogen) atoms. The second-order valence-electron chi connectivity index (χ2n) is 5.36. The Hall–Kier alpha value is -2.17. The SMILES string of the molecule is Cc1cccc(Cl)c1.NCc1ccccc1.NNCc1ccccc1. The van der Waals surface area contributed by atoms with Crippen molar-refractivity contribution in [3.63, 3.8) is 0 Å². The summed E-state index contributed by atoms with van der Waals surface area (Å²) in [5.74, 6) is 5.11. The van der Waals surface area contributed by atoms with Gasteiger partial charge in [-0.2, -0.15) is 0 Å². The van der Waals surface area contributed by atoms with Crippen LogP contribution in [0, 0.1) is 6.92 Å². The highest BCUT2D eigenvalue weighted by Gasteiger charge is 1.84. The predicted octanol–water partition coefficient (Wildman–Crippen LogP) is 4.44. The van der Waals surface area contributed by atoms with Crippen LogP contribution < -0.4 is 17.0 Å². The lowest BCUT2D eigenvalue weighted by atomic mass is 10.2. The Morgan fingerprint density at radius 1 is 0.800 bits per heavy atom. The van der Waals surface area contributed by atoms with E-state index in [9.17, 15) is 0 Å². The van der Waals surface area contributed by atoms with Gasteiger partial charge in [-0.15, -0.1) is 0 Å². The average Bonchev–Trinajstić information content (AvgIpc) is 2.64. The number of hydrazine groups is 1. The van der Waals surface area contributed by atoms with E-state index in [0.29, 0.717) is 6.54 Å². The molecule has 0 atom stereocenters. The first-order chi connectivity index (χ1) is 12.2. The van der Waals surface area contributed by atoms with Crippen LogP contribution in [0.5, 0.6) is 0 Å². The van der Waals surface area contributed by atoms with Gasteiger partial charge in [-0.25, -0.2) is 0 Å². The maximum atomic E-state index is 5.64. The lowest BCUT2D eigenvalue weighted by Crippen LogP contribution is -2.20. The van der Waals surface area contributed by atoms with Gasteiger partial charge < -0.3 is 5.73 Å². The predicted molar refractivity (Wildman–Crippen MR) is 108 cm³/mol. The maximum absolute atomic E-state index is 5.64. The molecule has 0 aliphatic heterocycles. The van der Waals surface area contributed by atoms with Gasteiger partial charge in [-0.05, 0) is 35.7 Å². The van der Waals surface area contributed by atoms with Gasteiger partial charge in [0, 0.05) is 18.1 Å². The fourth-order valence-corrected chi connectivity index (χ4v) is 2.18. The smallest absolute Gasteiger partial charge is 0.0408 e. The highest BCUT2D eigenvalue weighted by Crippen LogP contribution is 2.08. The van der Waals surface area contributed by atoms with E-state index in [0.717, 1.165) is 11.6 Å². The van der Waals surface area contributed by atoms with Crippen LogP contribution in [-0.2, 0) is 13.1 Å². The summed E-state index contributed by atoms with van der Waals surface area (Å²) in [5, 5.41) is 0.810. The van der Waals surface area contributed by atoms with Gasteiger partial charge in [-0.1, -0.05) is 84.4 Å². The Bertz CT molecular complexity index is 671. The number of halogens is 1. The molecule has 0 bridgehead atoms. The van der Waals surface area contributed by atoms with Gasteiger partial charge in [0.1, 0.15) is 0 Å². The molecule has 3 nitrogen and oxygen atoms in total. The molecule has 3 rings (SSSR count). The van der Waals surface area contributed by atoms with E-state index < -0.39 is 0 Å². The van der Waals surface area contributed by atoms with E-state index in [1.165, 1.54) is 16.7 Å². The van der Waals surface area contributed by atoms with Crippen LogP contribution in [0.4, 0.5) is 0 Å². The molecular formula is C21H26ClN3. The third kappa shape index (κ3) is 10.3. The minimum atomic E-state index is 0.640. The van der Waals surface area contributed by atoms with Crippen molar-refractivity contribution in [1.29, 1.82) is 0 Å². The molecule has 0 saturated heterocycles. The van der Waals surface area contributed by atoms with E-state index in [4.69, 9.17) is 23.2 Å². The Morgan fingerprint density at radius 3 is 1.72 bits per heavy atom. The van der Waals surface area contributed by atoms with Crippen LogP contribution in [0.3, 0.4) is 0 Å². The minimum absolute atomic E-state index is 0.640. The molecule has 3 aromatic carbocycles. The summed E-state index contributed by atoms with van der Waals surface area (Å²) in [6.45, 7) is 3.40. The van der Waals surface area contributed by atoms with E-state index in [-0.39, 0.29) is 0 Å². The molecule has 0 unspecified atom stereocenters. The van der Waals surface area contributed by atoms with Crippen molar-refractivity contribution in [2.45, 2.75) is 20.0 Å². The number of rotatable bonds is 3. The monoisotopic (exact) mass is 355 g/mol. The van der Waals surface area contributed by atoms with Crippen molar-refractivity contribution in [1.82, 2.24) is 5.43 Å². The fraction of sp³-hybridized carbons (Fsp3) is 0.143. The van der Waals surface area contributed by atoms with Crippen LogP contribution in [-0.4, -0.2) is 0 Å². The molecule has 3 aromatic rings. The summed E-state index contributed by atoms with van der Waals surface area (Å²) in [4.78, 5) is 0. The molecule has 132 valence electrons. The van der Waals surface area contributed by atoms with Gasteiger partial charge in [0.25, 0.3) is 0 Å².